The summed E-state index contributed by atoms with van der Waals surface area (Å²) < 4.78 is 5.82. The zero-order valence-electron chi connectivity index (χ0n) is 7.54. The van der Waals surface area contributed by atoms with Gasteiger partial charge in [-0.3, -0.25) is 4.79 Å². The molecular formula is C6H12Cl2N4O2. The molecule has 0 bridgehead atoms. The van der Waals surface area contributed by atoms with E-state index in [2.05, 4.69) is 15.0 Å². The van der Waals surface area contributed by atoms with Gasteiger partial charge in [-0.2, -0.15) is 0 Å². The molecule has 0 unspecified atom stereocenters. The number of carbonyl (C=O) groups is 1. The lowest BCUT2D eigenvalue weighted by atomic mass is 10.5. The van der Waals surface area contributed by atoms with Gasteiger partial charge in [0.15, 0.2) is 0 Å². The lowest BCUT2D eigenvalue weighted by molar-refractivity contribution is -0.141. The highest BCUT2D eigenvalue weighted by atomic mass is 35.5. The minimum atomic E-state index is -0.358. The van der Waals surface area contributed by atoms with Crippen LogP contribution in [-0.4, -0.2) is 28.1 Å². The minimum absolute atomic E-state index is 0. The van der Waals surface area contributed by atoms with Crippen molar-refractivity contribution in [3.63, 3.8) is 0 Å². The van der Waals surface area contributed by atoms with Gasteiger partial charge in [0.05, 0.1) is 19.0 Å². The monoisotopic (exact) mass is 242 g/mol. The van der Waals surface area contributed by atoms with E-state index in [0.29, 0.717) is 12.2 Å². The van der Waals surface area contributed by atoms with E-state index >= 15 is 0 Å². The fraction of sp³-hybridized carbons (Fsp3) is 0.500. The molecule has 0 atom stereocenters. The van der Waals surface area contributed by atoms with Gasteiger partial charge >= 0.3 is 5.97 Å². The third-order valence-corrected chi connectivity index (χ3v) is 1.31. The number of methoxy groups -OCH3 is 1. The molecule has 0 radical (unpaired) electrons. The smallest absolute Gasteiger partial charge is 0.327 e. The Bertz CT molecular complexity index is 279. The van der Waals surface area contributed by atoms with E-state index in [9.17, 15) is 4.79 Å². The Hall–Kier alpha value is -0.850. The summed E-state index contributed by atoms with van der Waals surface area (Å²) in [6.45, 7) is 0.394. The summed E-state index contributed by atoms with van der Waals surface area (Å²) in [5.41, 5.74) is 5.95. The Morgan fingerprint density at radius 3 is 2.71 bits per heavy atom. The largest absolute Gasteiger partial charge is 0.468 e. The number of esters is 1. The number of nitrogens with two attached hydrogens (primary N) is 1. The maximum Gasteiger partial charge on any atom is 0.327 e. The quantitative estimate of drug-likeness (QED) is 0.740. The molecule has 82 valence electrons. The zero-order chi connectivity index (χ0) is 8.97. The molecule has 0 aliphatic heterocycles. The maximum absolute atomic E-state index is 10.7. The molecule has 1 aromatic rings. The van der Waals surface area contributed by atoms with Crippen molar-refractivity contribution >= 4 is 30.8 Å². The predicted molar refractivity (Wildman–Crippen MR) is 54.4 cm³/mol. The number of carbonyl (C=O) groups excluding carboxylic acids is 1. The van der Waals surface area contributed by atoms with Crippen LogP contribution in [0.4, 0.5) is 0 Å². The molecule has 8 heteroatoms. The third-order valence-electron chi connectivity index (χ3n) is 1.31. The maximum atomic E-state index is 10.7. The van der Waals surface area contributed by atoms with Crippen LogP contribution in [0.5, 0.6) is 0 Å². The van der Waals surface area contributed by atoms with Gasteiger partial charge in [-0.1, -0.05) is 5.21 Å². The Kier molecular flexibility index (Phi) is 8.41. The molecule has 0 aromatic carbocycles. The van der Waals surface area contributed by atoms with Gasteiger partial charge in [0.25, 0.3) is 0 Å². The minimum Gasteiger partial charge on any atom is -0.468 e. The number of hydrogen-bond donors (Lipinski definition) is 1. The standard InChI is InChI=1S/C6H10N4O2.2ClH/c1-12-6(11)4-10-3-5(2-7)8-9-10;;/h3H,2,4,7H2,1H3;2*1H. The average Bonchev–Trinajstić information content (AvgIpc) is 2.52. The molecule has 0 spiro atoms. The van der Waals surface area contributed by atoms with Gasteiger partial charge in [-0.05, 0) is 0 Å². The average molecular weight is 243 g/mol. The van der Waals surface area contributed by atoms with E-state index in [1.54, 1.807) is 6.20 Å². The van der Waals surface area contributed by atoms with Crippen molar-refractivity contribution < 1.29 is 9.53 Å². The van der Waals surface area contributed by atoms with Gasteiger partial charge < -0.3 is 10.5 Å². The highest BCUT2D eigenvalue weighted by Crippen LogP contribution is 1.91. The summed E-state index contributed by atoms with van der Waals surface area (Å²) in [6, 6.07) is 0. The van der Waals surface area contributed by atoms with Crippen LogP contribution in [-0.2, 0) is 22.6 Å². The van der Waals surface area contributed by atoms with Crippen molar-refractivity contribution in [3.05, 3.63) is 11.9 Å². The number of ether oxygens (including phenoxy) is 1. The number of halogens is 2. The Labute approximate surface area is 93.6 Å². The molecule has 0 aliphatic rings. The van der Waals surface area contributed by atoms with Crippen molar-refractivity contribution in [2.45, 2.75) is 13.1 Å². The summed E-state index contributed by atoms with van der Waals surface area (Å²) in [5, 5.41) is 7.36. The van der Waals surface area contributed by atoms with E-state index in [0.717, 1.165) is 0 Å². The summed E-state index contributed by atoms with van der Waals surface area (Å²) in [6.07, 6.45) is 1.61. The molecule has 2 N–H and O–H groups in total. The first-order valence-corrected chi connectivity index (χ1v) is 3.42. The van der Waals surface area contributed by atoms with Crippen molar-refractivity contribution in [1.29, 1.82) is 0 Å². The van der Waals surface area contributed by atoms with Crippen LogP contribution in [0.15, 0.2) is 6.20 Å². The number of aromatic nitrogens is 3. The molecule has 0 aliphatic carbocycles. The normalized spacial score (nSPS) is 8.43. The fourth-order valence-corrected chi connectivity index (χ4v) is 0.706. The predicted octanol–water partition coefficient (Wildman–Crippen LogP) is -0.247. The van der Waals surface area contributed by atoms with Crippen molar-refractivity contribution in [3.8, 4) is 0 Å². The second-order valence-corrected chi connectivity index (χ2v) is 2.19. The van der Waals surface area contributed by atoms with E-state index < -0.39 is 0 Å². The van der Waals surface area contributed by atoms with Gasteiger partial charge in [-0.25, -0.2) is 4.68 Å². The van der Waals surface area contributed by atoms with Gasteiger partial charge in [-0.15, -0.1) is 29.9 Å². The molecule has 0 amide bonds. The summed E-state index contributed by atoms with van der Waals surface area (Å²) in [4.78, 5) is 10.7. The van der Waals surface area contributed by atoms with Crippen molar-refractivity contribution in [2.24, 2.45) is 5.73 Å². The third kappa shape index (κ3) is 4.40. The van der Waals surface area contributed by atoms with Crippen LogP contribution in [0.2, 0.25) is 0 Å². The molecule has 1 heterocycles. The molecule has 1 aromatic heterocycles. The molecular weight excluding hydrogens is 231 g/mol. The summed E-state index contributed by atoms with van der Waals surface area (Å²) in [5.74, 6) is -0.358. The van der Waals surface area contributed by atoms with E-state index in [1.807, 2.05) is 0 Å². The Morgan fingerprint density at radius 1 is 1.64 bits per heavy atom. The van der Waals surface area contributed by atoms with Crippen LogP contribution in [0.3, 0.4) is 0 Å². The molecule has 0 saturated heterocycles. The van der Waals surface area contributed by atoms with E-state index in [1.165, 1.54) is 11.8 Å². The first-order chi connectivity index (χ1) is 5.76. The van der Waals surface area contributed by atoms with E-state index in [-0.39, 0.29) is 37.3 Å². The summed E-state index contributed by atoms with van der Waals surface area (Å²) in [7, 11) is 1.32. The fourth-order valence-electron chi connectivity index (χ4n) is 0.706. The van der Waals surface area contributed by atoms with Crippen molar-refractivity contribution in [1.82, 2.24) is 15.0 Å². The highest BCUT2D eigenvalue weighted by Gasteiger charge is 2.03. The summed E-state index contributed by atoms with van der Waals surface area (Å²) >= 11 is 0. The Morgan fingerprint density at radius 2 is 2.29 bits per heavy atom. The topological polar surface area (TPSA) is 83.0 Å². The second-order valence-electron chi connectivity index (χ2n) is 2.19. The van der Waals surface area contributed by atoms with Crippen LogP contribution in [0, 0.1) is 0 Å². The van der Waals surface area contributed by atoms with Crippen LogP contribution in [0.25, 0.3) is 0 Å². The molecule has 6 nitrogen and oxygen atoms in total. The van der Waals surface area contributed by atoms with E-state index in [4.69, 9.17) is 5.73 Å². The molecule has 0 fully saturated rings. The van der Waals surface area contributed by atoms with Crippen LogP contribution < -0.4 is 5.73 Å². The van der Waals surface area contributed by atoms with Crippen LogP contribution in [0.1, 0.15) is 5.69 Å². The van der Waals surface area contributed by atoms with Crippen molar-refractivity contribution in [2.75, 3.05) is 7.11 Å². The molecule has 14 heavy (non-hydrogen) atoms. The number of hydrogen-bond acceptors (Lipinski definition) is 5. The number of nitrogens with zero attached hydrogens (tertiary/aromatic N) is 3. The number of rotatable bonds is 3. The SMILES string of the molecule is COC(=O)Cn1cc(CN)nn1.Cl.Cl. The Balaban J connectivity index is 0. The molecule has 0 saturated carbocycles. The van der Waals surface area contributed by atoms with Gasteiger partial charge in [0.2, 0.25) is 0 Å². The van der Waals surface area contributed by atoms with Crippen LogP contribution >= 0.6 is 24.8 Å². The highest BCUT2D eigenvalue weighted by molar-refractivity contribution is 5.85. The lowest BCUT2D eigenvalue weighted by Crippen LogP contribution is -2.11. The second kappa shape index (κ2) is 7.54. The first-order valence-electron chi connectivity index (χ1n) is 3.42. The molecule has 1 rings (SSSR count). The first kappa shape index (κ1) is 15.6. The van der Waals surface area contributed by atoms with Gasteiger partial charge in [0, 0.05) is 6.54 Å². The lowest BCUT2D eigenvalue weighted by Gasteiger charge is -1.96. The van der Waals surface area contributed by atoms with Gasteiger partial charge in [0.1, 0.15) is 6.54 Å². The zero-order valence-corrected chi connectivity index (χ0v) is 9.18.